The lowest BCUT2D eigenvalue weighted by atomic mass is 9.95. The molecule has 0 saturated heterocycles. The van der Waals surface area contributed by atoms with Crippen LogP contribution in [0.25, 0.3) is 39.0 Å². The van der Waals surface area contributed by atoms with E-state index in [9.17, 15) is 0 Å². The highest BCUT2D eigenvalue weighted by Gasteiger charge is 2.17. The average Bonchev–Trinajstić information content (AvgIpc) is 3.02. The highest BCUT2D eigenvalue weighted by molar-refractivity contribution is 14.1. The number of halogens is 1. The molecule has 1 atom stereocenters. The van der Waals surface area contributed by atoms with Gasteiger partial charge in [-0.1, -0.05) is 140 Å². The van der Waals surface area contributed by atoms with Gasteiger partial charge in [-0.05, 0) is 63.1 Å². The van der Waals surface area contributed by atoms with E-state index in [1.165, 1.54) is 50.2 Å². The molecule has 0 fully saturated rings. The maximum atomic E-state index is 2.45. The van der Waals surface area contributed by atoms with E-state index in [0.29, 0.717) is 6.04 Å². The smallest absolute Gasteiger partial charge is 0.0610 e. The standard InChI is InChI=1S/C36H28IN/c37-38(35-23-19-33(20-24-35)31-15-11-29(12-16-31)27-7-3-1-4-8-27)36-25-21-34(22-26-36)32-17-13-30(14-18-32)28-9-5-2-6-10-28/h1-25,36H,26H2. The van der Waals surface area contributed by atoms with Gasteiger partial charge in [0.1, 0.15) is 0 Å². The molecule has 0 bridgehead atoms. The van der Waals surface area contributed by atoms with Gasteiger partial charge in [0, 0.05) is 5.69 Å². The van der Waals surface area contributed by atoms with Crippen molar-refractivity contribution in [3.8, 4) is 33.4 Å². The second-order valence-corrected chi connectivity index (χ2v) is 10.6. The molecule has 0 radical (unpaired) electrons. The van der Waals surface area contributed by atoms with E-state index in [-0.39, 0.29) is 0 Å². The monoisotopic (exact) mass is 601 g/mol. The molecule has 1 aliphatic rings. The van der Waals surface area contributed by atoms with Crippen molar-refractivity contribution < 1.29 is 0 Å². The highest BCUT2D eigenvalue weighted by atomic mass is 127. The van der Waals surface area contributed by atoms with E-state index in [1.54, 1.807) is 0 Å². The predicted molar refractivity (Wildman–Crippen MR) is 171 cm³/mol. The lowest BCUT2D eigenvalue weighted by molar-refractivity contribution is 0.847. The van der Waals surface area contributed by atoms with E-state index in [2.05, 4.69) is 178 Å². The molecule has 0 aromatic heterocycles. The fourth-order valence-corrected chi connectivity index (χ4v) is 5.69. The van der Waals surface area contributed by atoms with Crippen LogP contribution < -0.4 is 3.11 Å². The third-order valence-electron chi connectivity index (χ3n) is 7.13. The summed E-state index contributed by atoms with van der Waals surface area (Å²) in [6.07, 6.45) is 7.93. The van der Waals surface area contributed by atoms with Crippen LogP contribution in [-0.4, -0.2) is 6.04 Å². The van der Waals surface area contributed by atoms with Crippen LogP contribution in [-0.2, 0) is 0 Å². The summed E-state index contributed by atoms with van der Waals surface area (Å²) < 4.78 is 2.34. The van der Waals surface area contributed by atoms with Crippen molar-refractivity contribution in [3.63, 3.8) is 0 Å². The van der Waals surface area contributed by atoms with Crippen molar-refractivity contribution in [2.45, 2.75) is 12.5 Å². The first-order valence-corrected chi connectivity index (χ1v) is 14.0. The third kappa shape index (κ3) is 5.36. The summed E-state index contributed by atoms with van der Waals surface area (Å²) in [5, 5.41) is 0. The molecule has 5 aromatic carbocycles. The molecule has 6 rings (SSSR count). The molecule has 0 amide bonds. The van der Waals surface area contributed by atoms with Gasteiger partial charge < -0.3 is 3.11 Å². The number of hydrogen-bond donors (Lipinski definition) is 0. The fraction of sp³-hybridized carbons (Fsp3) is 0.0556. The van der Waals surface area contributed by atoms with E-state index < -0.39 is 0 Å². The molecule has 0 aliphatic heterocycles. The summed E-state index contributed by atoms with van der Waals surface area (Å²) in [5.41, 5.74) is 11.2. The number of benzene rings is 5. The van der Waals surface area contributed by atoms with Gasteiger partial charge in [-0.15, -0.1) is 0 Å². The van der Waals surface area contributed by atoms with Crippen LogP contribution >= 0.6 is 22.9 Å². The van der Waals surface area contributed by atoms with Crippen LogP contribution in [0.3, 0.4) is 0 Å². The van der Waals surface area contributed by atoms with Crippen LogP contribution in [0, 0.1) is 0 Å². The lowest BCUT2D eigenvalue weighted by Crippen LogP contribution is -2.24. The van der Waals surface area contributed by atoms with E-state index in [1.807, 2.05) is 0 Å². The summed E-state index contributed by atoms with van der Waals surface area (Å²) in [5.74, 6) is 0. The molecular weight excluding hydrogens is 573 g/mol. The second-order valence-electron chi connectivity index (χ2n) is 9.57. The highest BCUT2D eigenvalue weighted by Crippen LogP contribution is 2.32. The molecule has 0 saturated carbocycles. The van der Waals surface area contributed by atoms with E-state index >= 15 is 0 Å². The molecule has 1 aliphatic carbocycles. The predicted octanol–water partition coefficient (Wildman–Crippen LogP) is 10.3. The van der Waals surface area contributed by atoms with Gasteiger partial charge in [-0.25, -0.2) is 0 Å². The molecule has 1 unspecified atom stereocenters. The summed E-state index contributed by atoms with van der Waals surface area (Å²) in [4.78, 5) is 0. The molecule has 5 aromatic rings. The molecule has 38 heavy (non-hydrogen) atoms. The summed E-state index contributed by atoms with van der Waals surface area (Å²) in [7, 11) is 0. The van der Waals surface area contributed by atoms with Gasteiger partial charge in [0.25, 0.3) is 0 Å². The molecular formula is C36H28IN. The molecule has 2 heteroatoms. The number of allylic oxidation sites excluding steroid dienone is 2. The maximum absolute atomic E-state index is 2.45. The van der Waals surface area contributed by atoms with Gasteiger partial charge in [-0.3, -0.25) is 0 Å². The number of rotatable bonds is 6. The largest absolute Gasteiger partial charge is 0.308 e. The van der Waals surface area contributed by atoms with Crippen molar-refractivity contribution in [3.05, 3.63) is 157 Å². The van der Waals surface area contributed by atoms with E-state index in [4.69, 9.17) is 0 Å². The summed E-state index contributed by atoms with van der Waals surface area (Å²) >= 11 is 2.45. The Morgan fingerprint density at radius 1 is 0.474 bits per heavy atom. The first-order chi connectivity index (χ1) is 18.7. The molecule has 0 spiro atoms. The normalized spacial score (nSPS) is 14.7. The Hall–Kier alpha value is -3.89. The third-order valence-corrected chi connectivity index (χ3v) is 8.41. The Bertz CT molecular complexity index is 1550. The Balaban J connectivity index is 1.10. The van der Waals surface area contributed by atoms with Crippen LogP contribution in [0.4, 0.5) is 5.69 Å². The Kier molecular flexibility index (Phi) is 7.23. The van der Waals surface area contributed by atoms with Crippen molar-refractivity contribution >= 4 is 34.1 Å². The number of anilines is 1. The first kappa shape index (κ1) is 24.4. The van der Waals surface area contributed by atoms with Gasteiger partial charge in [0.05, 0.1) is 28.9 Å². The van der Waals surface area contributed by atoms with Gasteiger partial charge in [0.15, 0.2) is 0 Å². The van der Waals surface area contributed by atoms with Gasteiger partial charge >= 0.3 is 0 Å². The quantitative estimate of drug-likeness (QED) is 0.138. The Morgan fingerprint density at radius 2 is 0.868 bits per heavy atom. The Labute approximate surface area is 239 Å². The number of hydrogen-bond acceptors (Lipinski definition) is 1. The van der Waals surface area contributed by atoms with E-state index in [0.717, 1.165) is 6.42 Å². The van der Waals surface area contributed by atoms with Crippen molar-refractivity contribution in [1.82, 2.24) is 0 Å². The zero-order valence-electron chi connectivity index (χ0n) is 21.0. The van der Waals surface area contributed by atoms with Crippen LogP contribution in [0.1, 0.15) is 12.0 Å². The maximum Gasteiger partial charge on any atom is 0.0610 e. The molecule has 0 N–H and O–H groups in total. The van der Waals surface area contributed by atoms with Crippen molar-refractivity contribution in [2.24, 2.45) is 0 Å². The summed E-state index contributed by atoms with van der Waals surface area (Å²) in [6, 6.07) is 48.0. The van der Waals surface area contributed by atoms with Crippen LogP contribution in [0.5, 0.6) is 0 Å². The van der Waals surface area contributed by atoms with Gasteiger partial charge in [-0.2, -0.15) is 0 Å². The summed E-state index contributed by atoms with van der Waals surface area (Å²) in [6.45, 7) is 0. The zero-order valence-corrected chi connectivity index (χ0v) is 23.2. The molecule has 184 valence electrons. The molecule has 1 nitrogen and oxygen atoms in total. The SMILES string of the molecule is IN(c1ccc(-c2ccc(-c3ccccc3)cc2)cc1)C1C=CC(c2ccc(-c3ccccc3)cc2)=CC1. The van der Waals surface area contributed by atoms with Crippen molar-refractivity contribution in [2.75, 3.05) is 3.11 Å². The van der Waals surface area contributed by atoms with Crippen molar-refractivity contribution in [1.29, 1.82) is 0 Å². The molecule has 0 heterocycles. The number of nitrogens with zero attached hydrogens (tertiary/aromatic N) is 1. The minimum atomic E-state index is 0.332. The van der Waals surface area contributed by atoms with Gasteiger partial charge in [0.2, 0.25) is 0 Å². The Morgan fingerprint density at radius 3 is 1.29 bits per heavy atom. The fourth-order valence-electron chi connectivity index (χ4n) is 4.95. The minimum absolute atomic E-state index is 0.332. The second kappa shape index (κ2) is 11.2. The average molecular weight is 602 g/mol. The topological polar surface area (TPSA) is 3.24 Å². The van der Waals surface area contributed by atoms with Crippen LogP contribution in [0.15, 0.2) is 152 Å². The minimum Gasteiger partial charge on any atom is -0.308 e. The lowest BCUT2D eigenvalue weighted by Gasteiger charge is -2.27. The first-order valence-electron chi connectivity index (χ1n) is 13.0. The van der Waals surface area contributed by atoms with Crippen LogP contribution in [0.2, 0.25) is 0 Å². The zero-order chi connectivity index (χ0) is 25.7.